The van der Waals surface area contributed by atoms with Gasteiger partial charge in [-0.2, -0.15) is 0 Å². The van der Waals surface area contributed by atoms with Gasteiger partial charge in [0.2, 0.25) is 0 Å². The molecule has 1 amide bonds. The van der Waals surface area contributed by atoms with E-state index in [2.05, 4.69) is 15.5 Å². The number of benzene rings is 2. The topological polar surface area (TPSA) is 107 Å². The number of pyridine rings is 1. The smallest absolute Gasteiger partial charge is 0.258 e. The summed E-state index contributed by atoms with van der Waals surface area (Å²) in [5.41, 5.74) is 2.29. The molecule has 2 aromatic carbocycles. The average Bonchev–Trinajstić information content (AvgIpc) is 3.76. The molecule has 1 aromatic heterocycles. The van der Waals surface area contributed by atoms with Crippen LogP contribution in [0, 0.1) is 18.2 Å². The van der Waals surface area contributed by atoms with Crippen molar-refractivity contribution in [2.75, 3.05) is 32.8 Å². The van der Waals surface area contributed by atoms with E-state index in [-0.39, 0.29) is 42.3 Å². The second-order valence-corrected chi connectivity index (χ2v) is 12.1. The Kier molecular flexibility index (Phi) is 8.10. The minimum atomic E-state index is -0.493. The second kappa shape index (κ2) is 11.4. The van der Waals surface area contributed by atoms with Crippen LogP contribution in [0.3, 0.4) is 0 Å². The molecule has 0 unspecified atom stereocenters. The van der Waals surface area contributed by atoms with E-state index in [0.29, 0.717) is 36.1 Å². The number of aliphatic hydroxyl groups is 2. The normalized spacial score (nSPS) is 18.3. The maximum Gasteiger partial charge on any atom is 0.258 e. The number of rotatable bonds is 9. The average molecular weight is 551 g/mol. The molecule has 214 valence electrons. The van der Waals surface area contributed by atoms with Crippen LogP contribution in [-0.4, -0.2) is 70.5 Å². The van der Waals surface area contributed by atoms with Crippen LogP contribution in [0.15, 0.2) is 41.3 Å². The van der Waals surface area contributed by atoms with Crippen LogP contribution < -0.4 is 16.2 Å². The lowest BCUT2D eigenvalue weighted by Gasteiger charge is -2.35. The number of halogens is 1. The first-order valence-corrected chi connectivity index (χ1v) is 14.0. The van der Waals surface area contributed by atoms with Crippen molar-refractivity contribution in [3.05, 3.63) is 69.4 Å². The molecule has 2 heterocycles. The maximum absolute atomic E-state index is 15.0. The summed E-state index contributed by atoms with van der Waals surface area (Å²) in [6.45, 7) is 8.55. The molecule has 1 aliphatic heterocycles. The van der Waals surface area contributed by atoms with E-state index in [1.807, 2.05) is 26.1 Å². The maximum atomic E-state index is 15.0. The molecule has 0 spiro atoms. The van der Waals surface area contributed by atoms with Gasteiger partial charge in [-0.05, 0) is 71.7 Å². The van der Waals surface area contributed by atoms with Crippen LogP contribution in [0.4, 0.5) is 4.39 Å². The zero-order valence-electron chi connectivity index (χ0n) is 23.5. The minimum Gasteiger partial charge on any atom is -0.396 e. The molecule has 2 aliphatic rings. The lowest BCUT2D eigenvalue weighted by Crippen LogP contribution is -2.52. The number of carbonyl (C=O) groups is 1. The number of hydrogen-bond acceptors (Lipinski definition) is 6. The first-order valence-electron chi connectivity index (χ1n) is 14.0. The highest BCUT2D eigenvalue weighted by Gasteiger charge is 2.26. The van der Waals surface area contributed by atoms with Crippen LogP contribution in [0.5, 0.6) is 0 Å². The molecular weight excluding hydrogens is 511 g/mol. The summed E-state index contributed by atoms with van der Waals surface area (Å²) >= 11 is 0. The number of amides is 1. The third-order valence-corrected chi connectivity index (χ3v) is 8.08. The summed E-state index contributed by atoms with van der Waals surface area (Å²) in [7, 11) is 0. The zero-order valence-corrected chi connectivity index (χ0v) is 23.5. The van der Waals surface area contributed by atoms with Crippen LogP contribution in [0.2, 0.25) is 0 Å². The highest BCUT2D eigenvalue weighted by molar-refractivity contribution is 5.97. The van der Waals surface area contributed by atoms with Gasteiger partial charge < -0.3 is 25.4 Å². The van der Waals surface area contributed by atoms with Crippen LogP contribution in [0.25, 0.3) is 21.9 Å². The van der Waals surface area contributed by atoms with E-state index in [1.165, 1.54) is 6.07 Å². The van der Waals surface area contributed by atoms with Gasteiger partial charge >= 0.3 is 0 Å². The van der Waals surface area contributed by atoms with Gasteiger partial charge in [-0.25, -0.2) is 4.39 Å². The monoisotopic (exact) mass is 550 g/mol. The SMILES string of the molecule is Cc1c(F)cc(C(=O)NC2CC2)cc1-c1ccc2c(=O)n(CC(C)(C)CO)cc(CN3CCNC[C@H]3CO)c2c1. The van der Waals surface area contributed by atoms with Crippen molar-refractivity contribution < 1.29 is 19.4 Å². The fourth-order valence-electron chi connectivity index (χ4n) is 5.41. The first-order chi connectivity index (χ1) is 19.1. The van der Waals surface area contributed by atoms with Crippen molar-refractivity contribution in [1.82, 2.24) is 20.1 Å². The molecule has 3 aromatic rings. The highest BCUT2D eigenvalue weighted by atomic mass is 19.1. The Morgan fingerprint density at radius 2 is 1.95 bits per heavy atom. The third kappa shape index (κ3) is 5.98. The quantitative estimate of drug-likeness (QED) is 0.327. The lowest BCUT2D eigenvalue weighted by molar-refractivity contribution is 0.0944. The molecule has 0 bridgehead atoms. The molecular formula is C31H39FN4O4. The second-order valence-electron chi connectivity index (χ2n) is 12.1. The molecule has 4 N–H and O–H groups in total. The zero-order chi connectivity index (χ0) is 28.6. The van der Waals surface area contributed by atoms with Crippen LogP contribution >= 0.6 is 0 Å². The van der Waals surface area contributed by atoms with Gasteiger partial charge in [0.05, 0.1) is 6.61 Å². The van der Waals surface area contributed by atoms with Gasteiger partial charge in [-0.15, -0.1) is 0 Å². The molecule has 0 radical (unpaired) electrons. The first kappa shape index (κ1) is 28.4. The molecule has 8 nitrogen and oxygen atoms in total. The number of fused-ring (bicyclic) bond motifs is 1. The van der Waals surface area contributed by atoms with Crippen LogP contribution in [-0.2, 0) is 13.1 Å². The Morgan fingerprint density at radius 3 is 2.65 bits per heavy atom. The summed E-state index contributed by atoms with van der Waals surface area (Å²) in [6, 6.07) is 8.60. The molecule has 1 aliphatic carbocycles. The largest absolute Gasteiger partial charge is 0.396 e. The molecule has 2 fully saturated rings. The lowest BCUT2D eigenvalue weighted by atomic mass is 9.93. The van der Waals surface area contributed by atoms with Gasteiger partial charge in [-0.1, -0.05) is 19.9 Å². The summed E-state index contributed by atoms with van der Waals surface area (Å²) in [6.07, 6.45) is 3.74. The standard InChI is InChI=1S/C31H39FN4O4/c1-19-26(11-21(12-28(19)32)29(39)34-23-5-6-23)20-4-7-25-27(10-20)22(14-35-9-8-33-13-24(35)16-37)15-36(30(25)40)17-31(2,3)18-38/h4,7,10-12,15,23-24,33,37-38H,5-6,8-9,13-14,16-18H2,1-3H3,(H,34,39)/t24-/m0/s1. The van der Waals surface area contributed by atoms with Crippen molar-refractivity contribution in [1.29, 1.82) is 0 Å². The number of aromatic nitrogens is 1. The van der Waals surface area contributed by atoms with Gasteiger partial charge in [0.25, 0.3) is 11.5 Å². The Bertz CT molecular complexity index is 1480. The molecule has 1 atom stereocenters. The minimum absolute atomic E-state index is 0.0154. The highest BCUT2D eigenvalue weighted by Crippen LogP contribution is 2.31. The number of aliphatic hydroxyl groups excluding tert-OH is 2. The van der Waals surface area contributed by atoms with E-state index in [4.69, 9.17) is 0 Å². The Morgan fingerprint density at radius 1 is 1.18 bits per heavy atom. The van der Waals surface area contributed by atoms with Gasteiger partial charge in [0, 0.05) is 74.0 Å². The van der Waals surface area contributed by atoms with Gasteiger partial charge in [-0.3, -0.25) is 14.5 Å². The van der Waals surface area contributed by atoms with Crippen molar-refractivity contribution in [3.8, 4) is 11.1 Å². The van der Waals surface area contributed by atoms with Gasteiger partial charge in [0.15, 0.2) is 0 Å². The Hall–Kier alpha value is -3.11. The Labute approximate surface area is 233 Å². The van der Waals surface area contributed by atoms with Gasteiger partial charge in [0.1, 0.15) is 5.82 Å². The Balaban J connectivity index is 1.63. The molecule has 1 saturated heterocycles. The van der Waals surface area contributed by atoms with E-state index in [1.54, 1.807) is 29.7 Å². The summed E-state index contributed by atoms with van der Waals surface area (Å²) in [5.74, 6) is -0.737. The van der Waals surface area contributed by atoms with Crippen LogP contribution in [0.1, 0.15) is 48.2 Å². The molecule has 1 saturated carbocycles. The van der Waals surface area contributed by atoms with E-state index in [0.717, 1.165) is 42.4 Å². The number of piperazine rings is 1. The fourth-order valence-corrected chi connectivity index (χ4v) is 5.41. The summed E-state index contributed by atoms with van der Waals surface area (Å²) in [5, 5.41) is 27.4. The number of hydrogen-bond donors (Lipinski definition) is 4. The molecule has 40 heavy (non-hydrogen) atoms. The predicted molar refractivity (Wildman–Crippen MR) is 154 cm³/mol. The number of nitrogens with zero attached hydrogens (tertiary/aromatic N) is 2. The number of nitrogens with one attached hydrogen (secondary N) is 2. The van der Waals surface area contributed by atoms with Crippen molar-refractivity contribution in [3.63, 3.8) is 0 Å². The van der Waals surface area contributed by atoms with Crippen molar-refractivity contribution in [2.24, 2.45) is 5.41 Å². The predicted octanol–water partition coefficient (Wildman–Crippen LogP) is 2.79. The van der Waals surface area contributed by atoms with E-state index < -0.39 is 11.2 Å². The van der Waals surface area contributed by atoms with E-state index >= 15 is 4.39 Å². The van der Waals surface area contributed by atoms with E-state index in [9.17, 15) is 19.8 Å². The molecule has 5 rings (SSSR count). The summed E-state index contributed by atoms with van der Waals surface area (Å²) in [4.78, 5) is 28.6. The molecule has 9 heteroatoms. The summed E-state index contributed by atoms with van der Waals surface area (Å²) < 4.78 is 16.7. The van der Waals surface area contributed by atoms with Crippen molar-refractivity contribution >= 4 is 16.7 Å². The third-order valence-electron chi connectivity index (χ3n) is 8.08. The fraction of sp³-hybridized carbons (Fsp3) is 0.484. The van der Waals surface area contributed by atoms with Crippen molar-refractivity contribution in [2.45, 2.75) is 58.8 Å². The number of carbonyl (C=O) groups excluding carboxylic acids is 1.